The van der Waals surface area contributed by atoms with E-state index in [1.807, 2.05) is 19.9 Å². The van der Waals surface area contributed by atoms with E-state index in [0.717, 1.165) is 11.4 Å². The summed E-state index contributed by atoms with van der Waals surface area (Å²) in [6.45, 7) is 3.87. The minimum absolute atomic E-state index is 0.395. The first-order valence-corrected chi connectivity index (χ1v) is 10.4. The third-order valence-electron chi connectivity index (χ3n) is 4.83. The van der Waals surface area contributed by atoms with Crippen molar-refractivity contribution in [1.29, 1.82) is 0 Å². The van der Waals surface area contributed by atoms with Crippen LogP contribution >= 0.6 is 23.2 Å². The van der Waals surface area contributed by atoms with Gasteiger partial charge < -0.3 is 19.5 Å². The number of aromatic nitrogens is 4. The Morgan fingerprint density at radius 2 is 1.41 bits per heavy atom. The SMILES string of the molecule is COc1cc(Nc2nc3cc(Cl)c(Cl)cc3nc2-n2nc(C)cc2C)cc(OC)c1OC. The zero-order valence-corrected chi connectivity index (χ0v) is 19.7. The molecule has 0 unspecified atom stereocenters. The van der Waals surface area contributed by atoms with Crippen molar-refractivity contribution in [3.8, 4) is 23.1 Å². The fourth-order valence-corrected chi connectivity index (χ4v) is 3.72. The van der Waals surface area contributed by atoms with Crippen LogP contribution in [0.3, 0.4) is 0 Å². The lowest BCUT2D eigenvalue weighted by Gasteiger charge is -2.17. The Morgan fingerprint density at radius 1 is 0.812 bits per heavy atom. The highest BCUT2D eigenvalue weighted by atomic mass is 35.5. The number of rotatable bonds is 6. The molecule has 0 aliphatic rings. The Balaban J connectivity index is 1.92. The van der Waals surface area contributed by atoms with E-state index in [1.165, 1.54) is 0 Å². The Bertz CT molecular complexity index is 1300. The van der Waals surface area contributed by atoms with Crippen molar-refractivity contribution >= 4 is 45.7 Å². The first-order valence-electron chi connectivity index (χ1n) is 9.62. The second-order valence-corrected chi connectivity index (χ2v) is 7.84. The molecule has 0 spiro atoms. The van der Waals surface area contributed by atoms with E-state index in [0.29, 0.717) is 55.7 Å². The second-order valence-electron chi connectivity index (χ2n) is 7.03. The summed E-state index contributed by atoms with van der Waals surface area (Å²) in [6, 6.07) is 8.90. The highest BCUT2D eigenvalue weighted by Gasteiger charge is 2.18. The smallest absolute Gasteiger partial charge is 0.203 e. The number of benzene rings is 2. The fraction of sp³-hybridized carbons (Fsp3) is 0.227. The molecule has 0 bridgehead atoms. The number of halogens is 2. The largest absolute Gasteiger partial charge is 0.493 e. The summed E-state index contributed by atoms with van der Waals surface area (Å²) < 4.78 is 18.1. The van der Waals surface area contributed by atoms with Crippen LogP contribution in [0.4, 0.5) is 11.5 Å². The van der Waals surface area contributed by atoms with Gasteiger partial charge in [-0.1, -0.05) is 23.2 Å². The lowest BCUT2D eigenvalue weighted by Crippen LogP contribution is -2.09. The van der Waals surface area contributed by atoms with E-state index >= 15 is 0 Å². The normalized spacial score (nSPS) is 11.0. The predicted molar refractivity (Wildman–Crippen MR) is 126 cm³/mol. The van der Waals surface area contributed by atoms with Gasteiger partial charge in [0, 0.05) is 23.5 Å². The molecule has 0 atom stereocenters. The van der Waals surface area contributed by atoms with E-state index in [1.54, 1.807) is 50.3 Å². The maximum atomic E-state index is 6.21. The summed E-state index contributed by atoms with van der Waals surface area (Å²) in [5.74, 6) is 2.48. The molecule has 8 nitrogen and oxygen atoms in total. The number of fused-ring (bicyclic) bond motifs is 1. The number of hydrogen-bond acceptors (Lipinski definition) is 7. The van der Waals surface area contributed by atoms with Gasteiger partial charge in [0.05, 0.1) is 48.1 Å². The van der Waals surface area contributed by atoms with Crippen LogP contribution in [0.5, 0.6) is 17.2 Å². The van der Waals surface area contributed by atoms with Gasteiger partial charge in [0.15, 0.2) is 23.1 Å². The summed E-state index contributed by atoms with van der Waals surface area (Å²) in [7, 11) is 4.67. The molecule has 1 N–H and O–H groups in total. The lowest BCUT2D eigenvalue weighted by atomic mass is 10.2. The molecule has 0 amide bonds. The molecule has 166 valence electrons. The molecule has 2 aromatic carbocycles. The summed E-state index contributed by atoms with van der Waals surface area (Å²) in [5, 5.41) is 8.67. The predicted octanol–water partition coefficient (Wildman–Crippen LogP) is 5.51. The number of nitrogens with one attached hydrogen (secondary N) is 1. The third kappa shape index (κ3) is 3.99. The van der Waals surface area contributed by atoms with Crippen LogP contribution in [-0.2, 0) is 0 Å². The van der Waals surface area contributed by atoms with Gasteiger partial charge in [-0.25, -0.2) is 14.6 Å². The monoisotopic (exact) mass is 473 g/mol. The van der Waals surface area contributed by atoms with Crippen LogP contribution < -0.4 is 19.5 Å². The Kier molecular flexibility index (Phi) is 5.99. The van der Waals surface area contributed by atoms with Gasteiger partial charge in [-0.05, 0) is 32.0 Å². The van der Waals surface area contributed by atoms with Crippen molar-refractivity contribution < 1.29 is 14.2 Å². The third-order valence-corrected chi connectivity index (χ3v) is 5.55. The number of methoxy groups -OCH3 is 3. The Morgan fingerprint density at radius 3 is 1.91 bits per heavy atom. The summed E-state index contributed by atoms with van der Waals surface area (Å²) in [6.07, 6.45) is 0. The minimum atomic E-state index is 0.395. The molecular weight excluding hydrogens is 453 g/mol. The number of aryl methyl sites for hydroxylation is 2. The summed E-state index contributed by atoms with van der Waals surface area (Å²) in [5.41, 5.74) is 3.61. The van der Waals surface area contributed by atoms with Gasteiger partial charge in [0.1, 0.15) is 0 Å². The van der Waals surface area contributed by atoms with Gasteiger partial charge in [0.2, 0.25) is 5.75 Å². The maximum Gasteiger partial charge on any atom is 0.203 e. The van der Waals surface area contributed by atoms with E-state index in [-0.39, 0.29) is 0 Å². The molecule has 0 aliphatic heterocycles. The molecule has 0 fully saturated rings. The van der Waals surface area contributed by atoms with Crippen LogP contribution in [0.15, 0.2) is 30.3 Å². The second kappa shape index (κ2) is 8.72. The van der Waals surface area contributed by atoms with Crippen LogP contribution in [0.2, 0.25) is 10.0 Å². The molecule has 4 aromatic rings. The lowest BCUT2D eigenvalue weighted by molar-refractivity contribution is 0.324. The van der Waals surface area contributed by atoms with Crippen LogP contribution in [0.1, 0.15) is 11.4 Å². The molecule has 2 heterocycles. The first-order chi connectivity index (χ1) is 15.3. The van der Waals surface area contributed by atoms with Crippen LogP contribution in [0, 0.1) is 13.8 Å². The van der Waals surface area contributed by atoms with Crippen LogP contribution in [0.25, 0.3) is 16.9 Å². The van der Waals surface area contributed by atoms with Crippen molar-refractivity contribution in [2.75, 3.05) is 26.6 Å². The van der Waals surface area contributed by atoms with Gasteiger partial charge in [-0.15, -0.1) is 0 Å². The summed E-state index contributed by atoms with van der Waals surface area (Å²) in [4.78, 5) is 9.54. The Labute approximate surface area is 195 Å². The first kappa shape index (κ1) is 22.0. The van der Waals surface area contributed by atoms with E-state index < -0.39 is 0 Å². The van der Waals surface area contributed by atoms with Crippen molar-refractivity contribution in [3.05, 3.63) is 51.8 Å². The highest BCUT2D eigenvalue weighted by Crippen LogP contribution is 2.41. The van der Waals surface area contributed by atoms with Gasteiger partial charge in [-0.2, -0.15) is 5.10 Å². The average Bonchev–Trinajstić information content (AvgIpc) is 3.11. The molecule has 10 heteroatoms. The van der Waals surface area contributed by atoms with Crippen molar-refractivity contribution in [3.63, 3.8) is 0 Å². The number of ether oxygens (including phenoxy) is 3. The quantitative estimate of drug-likeness (QED) is 0.395. The molecule has 0 saturated carbocycles. The number of nitrogens with zero attached hydrogens (tertiary/aromatic N) is 4. The van der Waals surface area contributed by atoms with Crippen molar-refractivity contribution in [2.45, 2.75) is 13.8 Å². The van der Waals surface area contributed by atoms with Gasteiger partial charge >= 0.3 is 0 Å². The van der Waals surface area contributed by atoms with E-state index in [9.17, 15) is 0 Å². The number of hydrogen-bond donors (Lipinski definition) is 1. The van der Waals surface area contributed by atoms with Gasteiger partial charge in [-0.3, -0.25) is 0 Å². The van der Waals surface area contributed by atoms with Crippen molar-refractivity contribution in [1.82, 2.24) is 19.7 Å². The molecule has 4 rings (SSSR count). The van der Waals surface area contributed by atoms with Crippen LogP contribution in [-0.4, -0.2) is 41.1 Å². The topological polar surface area (TPSA) is 83.3 Å². The van der Waals surface area contributed by atoms with E-state index in [2.05, 4.69) is 10.4 Å². The van der Waals surface area contributed by atoms with Gasteiger partial charge in [0.25, 0.3) is 0 Å². The molecule has 32 heavy (non-hydrogen) atoms. The van der Waals surface area contributed by atoms with Crippen molar-refractivity contribution in [2.24, 2.45) is 0 Å². The Hall–Kier alpha value is -3.23. The van der Waals surface area contributed by atoms with E-state index in [4.69, 9.17) is 47.4 Å². The molecule has 0 saturated heterocycles. The molecular formula is C22H21Cl2N5O3. The number of anilines is 2. The average molecular weight is 474 g/mol. The molecule has 0 aliphatic carbocycles. The fourth-order valence-electron chi connectivity index (χ4n) is 3.41. The standard InChI is InChI=1S/C22H21Cl2N5O3/c1-11-6-12(2)29(28-11)22-21(26-16-9-14(23)15(24)10-17(16)27-22)25-13-7-18(30-3)20(32-5)19(8-13)31-4/h6-10H,1-5H3,(H,25,26). The zero-order chi connectivity index (χ0) is 23.0. The minimum Gasteiger partial charge on any atom is -0.493 e. The maximum absolute atomic E-state index is 6.21. The molecule has 0 radical (unpaired) electrons. The zero-order valence-electron chi connectivity index (χ0n) is 18.2. The summed E-state index contributed by atoms with van der Waals surface area (Å²) >= 11 is 12.4. The molecule has 2 aromatic heterocycles. The highest BCUT2D eigenvalue weighted by molar-refractivity contribution is 6.42.